The zero-order valence-electron chi connectivity index (χ0n) is 29.2. The Morgan fingerprint density at radius 2 is 1.85 bits per heavy atom. The van der Waals surface area contributed by atoms with E-state index in [1.165, 1.54) is 5.56 Å². The molecule has 0 amide bonds. The molecular weight excluding hydrogens is 604 g/mol. The lowest BCUT2D eigenvalue weighted by atomic mass is 9.92. The number of carboxylic acids is 1. The maximum atomic E-state index is 12.8. The summed E-state index contributed by atoms with van der Waals surface area (Å²) < 4.78 is 21.0. The van der Waals surface area contributed by atoms with E-state index in [2.05, 4.69) is 74.2 Å². The predicted molar refractivity (Wildman–Crippen MR) is 189 cm³/mol. The van der Waals surface area contributed by atoms with Crippen LogP contribution in [0, 0.1) is 6.92 Å². The first-order valence-electron chi connectivity index (χ1n) is 17.1. The number of ether oxygens (including phenoxy) is 3. The molecule has 1 N–H and O–H groups in total. The average Bonchev–Trinajstić information content (AvgIpc) is 3.46. The van der Waals surface area contributed by atoms with Crippen molar-refractivity contribution in [2.24, 2.45) is 0 Å². The standard InChI is InChI=1S/C39H48N4O5/c1-8-27-15-16-32-30(22-27)28-13-11-14-29(23-28)31-24-33-40-26(3)34(35(37(44)45)48-38(4,5)6)36(43(33)41-31)42-19-17-39(7,18-20-42)46-21-10-9-12-25(2)47-32/h9-11,13-16,22-25,35H,8,12,17-21H2,1-7H3,(H,44,45). The number of hydrogen-bond donors (Lipinski definition) is 1. The van der Waals surface area contributed by atoms with Crippen molar-refractivity contribution in [2.45, 2.75) is 97.6 Å². The molecule has 9 heteroatoms. The number of benzene rings is 2. The molecule has 0 aliphatic carbocycles. The van der Waals surface area contributed by atoms with Gasteiger partial charge in [0.15, 0.2) is 11.8 Å². The van der Waals surface area contributed by atoms with Gasteiger partial charge in [0, 0.05) is 42.4 Å². The van der Waals surface area contributed by atoms with Crippen molar-refractivity contribution >= 4 is 17.4 Å². The first kappa shape index (κ1) is 33.7. The summed E-state index contributed by atoms with van der Waals surface area (Å²) in [7, 11) is 0. The van der Waals surface area contributed by atoms with Crippen LogP contribution < -0.4 is 9.64 Å². The largest absolute Gasteiger partial charge is 0.490 e. The van der Waals surface area contributed by atoms with Gasteiger partial charge in [-0.25, -0.2) is 9.78 Å². The Morgan fingerprint density at radius 1 is 1.10 bits per heavy atom. The smallest absolute Gasteiger partial charge is 0.337 e. The minimum absolute atomic E-state index is 0.0163. The molecule has 0 radical (unpaired) electrons. The van der Waals surface area contributed by atoms with Crippen molar-refractivity contribution in [3.8, 4) is 28.1 Å². The van der Waals surface area contributed by atoms with Gasteiger partial charge >= 0.3 is 5.97 Å². The maximum absolute atomic E-state index is 12.8. The Labute approximate surface area is 283 Å². The molecule has 0 saturated carbocycles. The number of anilines is 1. The van der Waals surface area contributed by atoms with E-state index in [0.29, 0.717) is 42.4 Å². The van der Waals surface area contributed by atoms with Crippen LogP contribution in [0.15, 0.2) is 60.7 Å². The first-order chi connectivity index (χ1) is 22.8. The van der Waals surface area contributed by atoms with E-state index in [4.69, 9.17) is 24.3 Å². The number of carboxylic acid groups (broad SMARTS) is 1. The van der Waals surface area contributed by atoms with E-state index in [0.717, 1.165) is 53.8 Å². The van der Waals surface area contributed by atoms with Crippen molar-refractivity contribution in [3.05, 3.63) is 77.5 Å². The zero-order chi connectivity index (χ0) is 34.2. The normalized spacial score (nSPS) is 20.8. The minimum atomic E-state index is -1.22. The van der Waals surface area contributed by atoms with Gasteiger partial charge in [-0.15, -0.1) is 0 Å². The SMILES string of the molecule is CCc1ccc2c(c1)-c1cccc(c1)-c1cc3nc(C)c(C(OC(C)(C)C)C(=O)O)c(n3n1)N1CCC(C)(CC1)OCC=CCC(C)O2. The molecule has 6 bridgehead atoms. The quantitative estimate of drug-likeness (QED) is 0.222. The van der Waals surface area contributed by atoms with Crippen LogP contribution in [0.5, 0.6) is 5.75 Å². The van der Waals surface area contributed by atoms with E-state index in [-0.39, 0.29) is 11.7 Å². The Morgan fingerprint density at radius 3 is 2.56 bits per heavy atom. The molecule has 3 aliphatic heterocycles. The Bertz CT molecular complexity index is 1830. The Hall–Kier alpha value is -4.21. The minimum Gasteiger partial charge on any atom is -0.490 e. The van der Waals surface area contributed by atoms with Crippen LogP contribution in [0.25, 0.3) is 28.0 Å². The third-order valence-electron chi connectivity index (χ3n) is 9.30. The topological polar surface area (TPSA) is 98.4 Å². The lowest BCUT2D eigenvalue weighted by Crippen LogP contribution is -2.45. The van der Waals surface area contributed by atoms with Crippen LogP contribution in [0.2, 0.25) is 0 Å². The Kier molecular flexibility index (Phi) is 9.37. The van der Waals surface area contributed by atoms with Crippen LogP contribution in [-0.2, 0) is 20.7 Å². The molecule has 1 saturated heterocycles. The summed E-state index contributed by atoms with van der Waals surface area (Å²) in [6.07, 6.45) is 6.21. The van der Waals surface area contributed by atoms with E-state index >= 15 is 0 Å². The molecule has 4 aromatic rings. The second-order valence-electron chi connectivity index (χ2n) is 14.3. The number of nitrogens with zero attached hydrogens (tertiary/aromatic N) is 4. The van der Waals surface area contributed by atoms with Crippen molar-refractivity contribution in [2.75, 3.05) is 24.6 Å². The van der Waals surface area contributed by atoms with Gasteiger partial charge in [-0.1, -0.05) is 43.3 Å². The van der Waals surface area contributed by atoms with E-state index < -0.39 is 17.7 Å². The van der Waals surface area contributed by atoms with Gasteiger partial charge in [-0.05, 0) is 90.1 Å². The lowest BCUT2D eigenvalue weighted by Gasteiger charge is -2.41. The van der Waals surface area contributed by atoms with E-state index in [9.17, 15) is 9.90 Å². The summed E-state index contributed by atoms with van der Waals surface area (Å²) in [6.45, 7) is 15.7. The van der Waals surface area contributed by atoms with Crippen LogP contribution in [0.3, 0.4) is 0 Å². The number of piperidine rings is 1. The highest BCUT2D eigenvalue weighted by Crippen LogP contribution is 2.39. The number of hydrogen-bond acceptors (Lipinski definition) is 7. The number of fused-ring (bicyclic) bond motifs is 7. The van der Waals surface area contributed by atoms with Crippen molar-refractivity contribution < 1.29 is 24.1 Å². The molecular formula is C39H48N4O5. The van der Waals surface area contributed by atoms with E-state index in [1.54, 1.807) is 0 Å². The van der Waals surface area contributed by atoms with Gasteiger partial charge in [0.25, 0.3) is 0 Å². The van der Waals surface area contributed by atoms with Crippen molar-refractivity contribution in [1.82, 2.24) is 14.6 Å². The molecule has 2 atom stereocenters. The number of aryl methyl sites for hydroxylation is 2. The summed E-state index contributed by atoms with van der Waals surface area (Å²) >= 11 is 0. The van der Waals surface area contributed by atoms with E-state index in [1.807, 2.05) is 44.3 Å². The summed E-state index contributed by atoms with van der Waals surface area (Å²) in [5, 5.41) is 15.6. The monoisotopic (exact) mass is 652 g/mol. The highest BCUT2D eigenvalue weighted by atomic mass is 16.5. The third-order valence-corrected chi connectivity index (χ3v) is 9.30. The highest BCUT2D eigenvalue weighted by molar-refractivity contribution is 5.80. The fourth-order valence-electron chi connectivity index (χ4n) is 6.63. The number of aromatic nitrogens is 3. The molecule has 0 spiro atoms. The Balaban J connectivity index is 1.55. The zero-order valence-corrected chi connectivity index (χ0v) is 29.2. The molecule has 254 valence electrons. The summed E-state index contributed by atoms with van der Waals surface area (Å²) in [5.74, 6) is 0.482. The van der Waals surface area contributed by atoms with Gasteiger partial charge in [-0.2, -0.15) is 9.61 Å². The molecule has 9 nitrogen and oxygen atoms in total. The fraction of sp³-hybridized carbons (Fsp3) is 0.462. The lowest BCUT2D eigenvalue weighted by molar-refractivity contribution is -0.160. The molecule has 1 fully saturated rings. The number of aliphatic carboxylic acids is 1. The highest BCUT2D eigenvalue weighted by Gasteiger charge is 2.37. The predicted octanol–water partition coefficient (Wildman–Crippen LogP) is 7.98. The van der Waals surface area contributed by atoms with Crippen LogP contribution in [0.4, 0.5) is 5.82 Å². The summed E-state index contributed by atoms with van der Waals surface area (Å²) in [4.78, 5) is 20.0. The van der Waals surface area contributed by atoms with Crippen molar-refractivity contribution in [1.29, 1.82) is 0 Å². The van der Waals surface area contributed by atoms with Gasteiger partial charge in [-0.3, -0.25) is 0 Å². The molecule has 48 heavy (non-hydrogen) atoms. The van der Waals surface area contributed by atoms with Gasteiger partial charge < -0.3 is 24.2 Å². The third kappa shape index (κ3) is 7.12. The molecule has 7 rings (SSSR count). The second-order valence-corrected chi connectivity index (χ2v) is 14.3. The van der Waals surface area contributed by atoms with Gasteiger partial charge in [0.1, 0.15) is 11.6 Å². The van der Waals surface area contributed by atoms with Crippen LogP contribution in [-0.4, -0.2) is 62.7 Å². The fourth-order valence-corrected chi connectivity index (χ4v) is 6.63. The molecule has 3 aliphatic rings. The molecule has 2 unspecified atom stereocenters. The maximum Gasteiger partial charge on any atom is 0.337 e. The molecule has 5 heterocycles. The number of carbonyl (C=O) groups is 1. The first-order valence-corrected chi connectivity index (χ1v) is 17.1. The number of rotatable bonds is 4. The van der Waals surface area contributed by atoms with Gasteiger partial charge in [0.2, 0.25) is 0 Å². The molecule has 2 aromatic heterocycles. The van der Waals surface area contributed by atoms with Crippen LogP contribution >= 0.6 is 0 Å². The van der Waals surface area contributed by atoms with Crippen molar-refractivity contribution in [3.63, 3.8) is 0 Å². The summed E-state index contributed by atoms with van der Waals surface area (Å²) in [5.41, 5.74) is 5.75. The van der Waals surface area contributed by atoms with Crippen LogP contribution in [0.1, 0.15) is 83.7 Å². The average molecular weight is 653 g/mol. The second kappa shape index (κ2) is 13.4. The molecule has 2 aromatic carbocycles. The van der Waals surface area contributed by atoms with Gasteiger partial charge in [0.05, 0.1) is 35.2 Å². The summed E-state index contributed by atoms with van der Waals surface area (Å²) in [6, 6.07) is 16.7.